The highest BCUT2D eigenvalue weighted by molar-refractivity contribution is 5.87. The van der Waals surface area contributed by atoms with Gasteiger partial charge in [-0.1, -0.05) is 42.5 Å². The van der Waals surface area contributed by atoms with E-state index in [0.717, 1.165) is 11.1 Å². The standard InChI is InChI=1S/C14H16O3/c1-11(13(16-2)14(15)17-3)9-10-12-7-5-4-6-8-12/h4-10H,1-3H3/b10-9+,13-11+. The van der Waals surface area contributed by atoms with Gasteiger partial charge in [-0.15, -0.1) is 0 Å². The number of ether oxygens (including phenoxy) is 2. The van der Waals surface area contributed by atoms with Gasteiger partial charge in [-0.3, -0.25) is 0 Å². The summed E-state index contributed by atoms with van der Waals surface area (Å²) < 4.78 is 9.63. The lowest BCUT2D eigenvalue weighted by molar-refractivity contribution is -0.139. The Morgan fingerprint density at radius 2 is 1.76 bits per heavy atom. The van der Waals surface area contributed by atoms with E-state index in [-0.39, 0.29) is 5.76 Å². The molecular weight excluding hydrogens is 216 g/mol. The quantitative estimate of drug-likeness (QED) is 0.346. The van der Waals surface area contributed by atoms with Gasteiger partial charge in [0.2, 0.25) is 5.76 Å². The first kappa shape index (κ1) is 13.0. The van der Waals surface area contributed by atoms with Gasteiger partial charge in [-0.25, -0.2) is 4.79 Å². The van der Waals surface area contributed by atoms with Crippen molar-refractivity contribution in [1.29, 1.82) is 0 Å². The van der Waals surface area contributed by atoms with E-state index in [1.54, 1.807) is 6.92 Å². The van der Waals surface area contributed by atoms with Crippen LogP contribution in [0.5, 0.6) is 0 Å². The maximum Gasteiger partial charge on any atom is 0.373 e. The molecule has 0 radical (unpaired) electrons. The first-order chi connectivity index (χ1) is 8.19. The highest BCUT2D eigenvalue weighted by atomic mass is 16.6. The molecule has 1 rings (SSSR count). The zero-order valence-electron chi connectivity index (χ0n) is 10.3. The van der Waals surface area contributed by atoms with Crippen LogP contribution in [0.4, 0.5) is 0 Å². The van der Waals surface area contributed by atoms with Gasteiger partial charge in [0.25, 0.3) is 0 Å². The number of benzene rings is 1. The van der Waals surface area contributed by atoms with Crippen LogP contribution in [-0.4, -0.2) is 20.2 Å². The summed E-state index contributed by atoms with van der Waals surface area (Å²) in [7, 11) is 2.78. The van der Waals surface area contributed by atoms with Crippen LogP contribution in [0.1, 0.15) is 12.5 Å². The molecule has 0 aliphatic carbocycles. The molecule has 0 unspecified atom stereocenters. The van der Waals surface area contributed by atoms with E-state index in [4.69, 9.17) is 4.74 Å². The van der Waals surface area contributed by atoms with Crippen molar-refractivity contribution in [2.75, 3.05) is 14.2 Å². The Labute approximate surface area is 101 Å². The molecule has 17 heavy (non-hydrogen) atoms. The van der Waals surface area contributed by atoms with Crippen LogP contribution >= 0.6 is 0 Å². The largest absolute Gasteiger partial charge is 0.490 e. The van der Waals surface area contributed by atoms with Crippen LogP contribution in [-0.2, 0) is 14.3 Å². The topological polar surface area (TPSA) is 35.5 Å². The van der Waals surface area contributed by atoms with Crippen LogP contribution in [0.15, 0.2) is 47.7 Å². The van der Waals surface area contributed by atoms with Crippen LogP contribution < -0.4 is 0 Å². The molecule has 3 heteroatoms. The molecule has 0 bridgehead atoms. The average Bonchev–Trinajstić information content (AvgIpc) is 2.38. The minimum Gasteiger partial charge on any atom is -0.490 e. The molecule has 90 valence electrons. The van der Waals surface area contributed by atoms with E-state index < -0.39 is 5.97 Å². The number of allylic oxidation sites excluding steroid dienone is 2. The normalized spacial score (nSPS) is 12.2. The van der Waals surface area contributed by atoms with Crippen LogP contribution in [0, 0.1) is 0 Å². The number of carbonyl (C=O) groups excluding carboxylic acids is 1. The van der Waals surface area contributed by atoms with Crippen molar-refractivity contribution in [2.45, 2.75) is 6.92 Å². The van der Waals surface area contributed by atoms with Gasteiger partial charge in [-0.2, -0.15) is 0 Å². The molecule has 0 spiro atoms. The Hall–Kier alpha value is -2.03. The molecule has 0 saturated carbocycles. The van der Waals surface area contributed by atoms with Crippen molar-refractivity contribution >= 4 is 12.0 Å². The first-order valence-electron chi connectivity index (χ1n) is 5.25. The molecule has 0 aliphatic heterocycles. The third kappa shape index (κ3) is 3.79. The van der Waals surface area contributed by atoms with Crippen molar-refractivity contribution in [2.24, 2.45) is 0 Å². The molecule has 0 aromatic heterocycles. The monoisotopic (exact) mass is 232 g/mol. The molecule has 0 heterocycles. The lowest BCUT2D eigenvalue weighted by atomic mass is 10.1. The fraction of sp³-hybridized carbons (Fsp3) is 0.214. The molecule has 0 atom stereocenters. The minimum absolute atomic E-state index is 0.222. The summed E-state index contributed by atoms with van der Waals surface area (Å²) in [5.41, 5.74) is 1.79. The van der Waals surface area contributed by atoms with Crippen molar-refractivity contribution < 1.29 is 14.3 Å². The second-order valence-corrected chi connectivity index (χ2v) is 3.45. The Balaban J connectivity index is 2.89. The molecule has 0 saturated heterocycles. The Morgan fingerprint density at radius 3 is 2.29 bits per heavy atom. The zero-order valence-corrected chi connectivity index (χ0v) is 10.3. The van der Waals surface area contributed by atoms with Gasteiger partial charge >= 0.3 is 5.97 Å². The highest BCUT2D eigenvalue weighted by Gasteiger charge is 2.11. The Morgan fingerprint density at radius 1 is 1.12 bits per heavy atom. The van der Waals surface area contributed by atoms with Crippen molar-refractivity contribution in [3.63, 3.8) is 0 Å². The molecule has 0 aliphatic rings. The number of rotatable bonds is 4. The molecule has 0 amide bonds. The van der Waals surface area contributed by atoms with Gasteiger partial charge in [-0.05, 0) is 18.1 Å². The summed E-state index contributed by atoms with van der Waals surface area (Å²) in [5.74, 6) is -0.248. The number of carbonyl (C=O) groups is 1. The van der Waals surface area contributed by atoms with Crippen LogP contribution in [0.25, 0.3) is 6.08 Å². The minimum atomic E-state index is -0.470. The number of methoxy groups -OCH3 is 2. The summed E-state index contributed by atoms with van der Waals surface area (Å²) in [6, 6.07) is 9.82. The molecular formula is C14H16O3. The van der Waals surface area contributed by atoms with Gasteiger partial charge in [0.15, 0.2) is 0 Å². The lowest BCUT2D eigenvalue weighted by Crippen LogP contribution is -2.08. The number of hydrogen-bond acceptors (Lipinski definition) is 3. The second-order valence-electron chi connectivity index (χ2n) is 3.45. The summed E-state index contributed by atoms with van der Waals surface area (Å²) in [5, 5.41) is 0. The second kappa shape index (κ2) is 6.53. The zero-order chi connectivity index (χ0) is 12.7. The smallest absolute Gasteiger partial charge is 0.373 e. The first-order valence-corrected chi connectivity index (χ1v) is 5.25. The number of esters is 1. The maximum absolute atomic E-state index is 11.4. The van der Waals surface area contributed by atoms with Crippen molar-refractivity contribution in [3.8, 4) is 0 Å². The fourth-order valence-corrected chi connectivity index (χ4v) is 1.36. The van der Waals surface area contributed by atoms with Crippen molar-refractivity contribution in [3.05, 3.63) is 53.3 Å². The summed E-state index contributed by atoms with van der Waals surface area (Å²) in [6.45, 7) is 1.80. The molecule has 0 fully saturated rings. The van der Waals surface area contributed by atoms with E-state index in [1.807, 2.05) is 42.5 Å². The third-order valence-corrected chi connectivity index (χ3v) is 2.26. The molecule has 1 aromatic carbocycles. The summed E-state index contributed by atoms with van der Waals surface area (Å²) >= 11 is 0. The average molecular weight is 232 g/mol. The summed E-state index contributed by atoms with van der Waals surface area (Å²) in [4.78, 5) is 11.4. The Kier molecular flexibility index (Phi) is 5.01. The maximum atomic E-state index is 11.4. The van der Waals surface area contributed by atoms with Crippen LogP contribution in [0.3, 0.4) is 0 Å². The van der Waals surface area contributed by atoms with Gasteiger partial charge in [0.05, 0.1) is 14.2 Å². The molecule has 3 nitrogen and oxygen atoms in total. The predicted octanol–water partition coefficient (Wildman–Crippen LogP) is 2.79. The van der Waals surface area contributed by atoms with Crippen LogP contribution in [0.2, 0.25) is 0 Å². The number of hydrogen-bond donors (Lipinski definition) is 0. The summed E-state index contributed by atoms with van der Waals surface area (Å²) in [6.07, 6.45) is 3.74. The van der Waals surface area contributed by atoms with E-state index in [9.17, 15) is 4.79 Å². The van der Waals surface area contributed by atoms with Gasteiger partial charge in [0.1, 0.15) is 0 Å². The predicted molar refractivity (Wildman–Crippen MR) is 67.2 cm³/mol. The van der Waals surface area contributed by atoms with E-state index in [1.165, 1.54) is 14.2 Å². The SMILES string of the molecule is COC(=O)/C(OC)=C(C)\C=C\c1ccccc1. The fourth-order valence-electron chi connectivity index (χ4n) is 1.36. The third-order valence-electron chi connectivity index (χ3n) is 2.26. The van der Waals surface area contributed by atoms with Gasteiger partial charge in [0, 0.05) is 0 Å². The lowest BCUT2D eigenvalue weighted by Gasteiger charge is -2.05. The molecule has 1 aromatic rings. The van der Waals surface area contributed by atoms with E-state index in [0.29, 0.717) is 0 Å². The van der Waals surface area contributed by atoms with E-state index in [2.05, 4.69) is 4.74 Å². The van der Waals surface area contributed by atoms with Gasteiger partial charge < -0.3 is 9.47 Å². The Bertz CT molecular complexity index is 430. The van der Waals surface area contributed by atoms with E-state index >= 15 is 0 Å². The molecule has 0 N–H and O–H groups in total. The van der Waals surface area contributed by atoms with Crippen molar-refractivity contribution in [1.82, 2.24) is 0 Å². The highest BCUT2D eigenvalue weighted by Crippen LogP contribution is 2.11.